The molecule has 1 atom stereocenters. The molecule has 0 spiro atoms. The standard InChI is InChI=1S/C15H19N3O/c1-12-3-5-13(6-4-12)11-18-10-2-9-17-15(19)14(18)7-8-16/h3-6,14H,2,7,9-11H2,1H3,(H,17,19). The van der Waals surface area contributed by atoms with Gasteiger partial charge in [-0.25, -0.2) is 0 Å². The van der Waals surface area contributed by atoms with Gasteiger partial charge in [-0.3, -0.25) is 9.69 Å². The van der Waals surface area contributed by atoms with Crippen molar-refractivity contribution < 1.29 is 4.79 Å². The summed E-state index contributed by atoms with van der Waals surface area (Å²) in [6.45, 7) is 4.33. The number of hydrogen-bond donors (Lipinski definition) is 1. The minimum absolute atomic E-state index is 0.0221. The van der Waals surface area contributed by atoms with Gasteiger partial charge in [0.1, 0.15) is 6.04 Å². The smallest absolute Gasteiger partial charge is 0.238 e. The predicted molar refractivity (Wildman–Crippen MR) is 73.2 cm³/mol. The summed E-state index contributed by atoms with van der Waals surface area (Å²) in [5.74, 6) is -0.0221. The Labute approximate surface area is 114 Å². The molecule has 1 aromatic rings. The number of carbonyl (C=O) groups is 1. The van der Waals surface area contributed by atoms with Crippen molar-refractivity contribution in [2.45, 2.75) is 32.4 Å². The van der Waals surface area contributed by atoms with Crippen molar-refractivity contribution in [3.63, 3.8) is 0 Å². The average Bonchev–Trinajstić information content (AvgIpc) is 2.57. The normalized spacial score (nSPS) is 20.4. The molecule has 0 aliphatic carbocycles. The number of benzene rings is 1. The SMILES string of the molecule is Cc1ccc(CN2CCCNC(=O)C2CC#N)cc1. The summed E-state index contributed by atoms with van der Waals surface area (Å²) in [5, 5.41) is 11.8. The molecule has 0 saturated carbocycles. The molecular formula is C15H19N3O. The molecule has 0 radical (unpaired) electrons. The Morgan fingerprint density at radius 3 is 2.84 bits per heavy atom. The summed E-state index contributed by atoms with van der Waals surface area (Å²) < 4.78 is 0. The van der Waals surface area contributed by atoms with Crippen LogP contribution in [0.25, 0.3) is 0 Å². The molecule has 1 amide bonds. The molecule has 1 saturated heterocycles. The zero-order valence-corrected chi connectivity index (χ0v) is 11.2. The van der Waals surface area contributed by atoms with Crippen LogP contribution in [0.1, 0.15) is 24.0 Å². The highest BCUT2D eigenvalue weighted by Gasteiger charge is 2.27. The monoisotopic (exact) mass is 257 g/mol. The Hall–Kier alpha value is -1.86. The molecule has 0 aromatic heterocycles. The van der Waals surface area contributed by atoms with Crippen molar-refractivity contribution in [1.82, 2.24) is 10.2 Å². The molecule has 1 unspecified atom stereocenters. The van der Waals surface area contributed by atoms with E-state index in [9.17, 15) is 4.79 Å². The van der Waals surface area contributed by atoms with Crippen LogP contribution < -0.4 is 5.32 Å². The quantitative estimate of drug-likeness (QED) is 0.894. The van der Waals surface area contributed by atoms with Crippen LogP contribution in [0.4, 0.5) is 0 Å². The summed E-state index contributed by atoms with van der Waals surface area (Å²) in [5.41, 5.74) is 2.41. The van der Waals surface area contributed by atoms with Gasteiger partial charge >= 0.3 is 0 Å². The van der Waals surface area contributed by atoms with Gasteiger partial charge in [0.25, 0.3) is 0 Å². The molecule has 2 rings (SSSR count). The van der Waals surface area contributed by atoms with Crippen molar-refractivity contribution in [2.24, 2.45) is 0 Å². The van der Waals surface area contributed by atoms with Crippen LogP contribution in [-0.2, 0) is 11.3 Å². The Balaban J connectivity index is 2.12. The van der Waals surface area contributed by atoms with Crippen LogP contribution in [0, 0.1) is 18.3 Å². The van der Waals surface area contributed by atoms with E-state index in [-0.39, 0.29) is 18.4 Å². The third kappa shape index (κ3) is 3.55. The molecule has 1 N–H and O–H groups in total. The van der Waals surface area contributed by atoms with E-state index in [0.717, 1.165) is 19.5 Å². The lowest BCUT2D eigenvalue weighted by Gasteiger charge is -2.26. The minimum Gasteiger partial charge on any atom is -0.355 e. The predicted octanol–water partition coefficient (Wildman–Crippen LogP) is 1.60. The molecule has 1 aliphatic rings. The number of carbonyl (C=O) groups excluding carboxylic acids is 1. The summed E-state index contributed by atoms with van der Waals surface area (Å²) in [6.07, 6.45) is 1.18. The second-order valence-corrected chi connectivity index (χ2v) is 4.98. The van der Waals surface area contributed by atoms with E-state index >= 15 is 0 Å². The maximum absolute atomic E-state index is 12.0. The van der Waals surface area contributed by atoms with E-state index in [1.54, 1.807) is 0 Å². The fourth-order valence-electron chi connectivity index (χ4n) is 2.36. The maximum Gasteiger partial charge on any atom is 0.238 e. The summed E-state index contributed by atoms with van der Waals surface area (Å²) in [4.78, 5) is 14.1. The van der Waals surface area contributed by atoms with Crippen molar-refractivity contribution in [1.29, 1.82) is 5.26 Å². The van der Waals surface area contributed by atoms with Crippen LogP contribution >= 0.6 is 0 Å². The topological polar surface area (TPSA) is 56.1 Å². The minimum atomic E-state index is -0.325. The van der Waals surface area contributed by atoms with Gasteiger partial charge in [0.2, 0.25) is 5.91 Å². The lowest BCUT2D eigenvalue weighted by molar-refractivity contribution is -0.125. The molecule has 0 bridgehead atoms. The summed E-state index contributed by atoms with van der Waals surface area (Å²) in [6, 6.07) is 10.1. The van der Waals surface area contributed by atoms with Gasteiger partial charge in [-0.2, -0.15) is 5.26 Å². The lowest BCUT2D eigenvalue weighted by Crippen LogP contribution is -2.43. The maximum atomic E-state index is 12.0. The van der Waals surface area contributed by atoms with E-state index in [1.165, 1.54) is 11.1 Å². The molecular weight excluding hydrogens is 238 g/mol. The Bertz CT molecular complexity index is 475. The van der Waals surface area contributed by atoms with Crippen LogP contribution in [0.3, 0.4) is 0 Å². The second kappa shape index (κ2) is 6.35. The van der Waals surface area contributed by atoms with Crippen molar-refractivity contribution in [3.05, 3.63) is 35.4 Å². The zero-order valence-electron chi connectivity index (χ0n) is 11.2. The first-order chi connectivity index (χ1) is 9.20. The van der Waals surface area contributed by atoms with Gasteiger partial charge in [-0.15, -0.1) is 0 Å². The van der Waals surface area contributed by atoms with Gasteiger partial charge in [0, 0.05) is 19.6 Å². The molecule has 1 aromatic carbocycles. The fourth-order valence-corrected chi connectivity index (χ4v) is 2.36. The number of nitrogens with zero attached hydrogens (tertiary/aromatic N) is 2. The number of hydrogen-bond acceptors (Lipinski definition) is 3. The molecule has 1 aliphatic heterocycles. The zero-order chi connectivity index (χ0) is 13.7. The molecule has 4 heteroatoms. The molecule has 1 fully saturated rings. The first kappa shape index (κ1) is 13.6. The highest BCUT2D eigenvalue weighted by Crippen LogP contribution is 2.14. The Kier molecular flexibility index (Phi) is 4.53. The second-order valence-electron chi connectivity index (χ2n) is 4.98. The largest absolute Gasteiger partial charge is 0.355 e. The Morgan fingerprint density at radius 2 is 2.16 bits per heavy atom. The van der Waals surface area contributed by atoms with Gasteiger partial charge in [-0.1, -0.05) is 29.8 Å². The average molecular weight is 257 g/mol. The fraction of sp³-hybridized carbons (Fsp3) is 0.467. The highest BCUT2D eigenvalue weighted by molar-refractivity contribution is 5.82. The van der Waals surface area contributed by atoms with Crippen LogP contribution in [0.5, 0.6) is 0 Å². The first-order valence-electron chi connectivity index (χ1n) is 6.65. The van der Waals surface area contributed by atoms with Gasteiger partial charge in [0.05, 0.1) is 12.5 Å². The Morgan fingerprint density at radius 1 is 1.42 bits per heavy atom. The van der Waals surface area contributed by atoms with Gasteiger partial charge in [0.15, 0.2) is 0 Å². The van der Waals surface area contributed by atoms with E-state index in [4.69, 9.17) is 5.26 Å². The molecule has 4 nitrogen and oxygen atoms in total. The van der Waals surface area contributed by atoms with Crippen LogP contribution in [-0.4, -0.2) is 29.9 Å². The van der Waals surface area contributed by atoms with Crippen LogP contribution in [0.2, 0.25) is 0 Å². The molecule has 19 heavy (non-hydrogen) atoms. The number of nitrogens with one attached hydrogen (secondary N) is 1. The van der Waals surface area contributed by atoms with Gasteiger partial charge in [-0.05, 0) is 18.9 Å². The van der Waals surface area contributed by atoms with Crippen LogP contribution in [0.15, 0.2) is 24.3 Å². The third-order valence-corrected chi connectivity index (χ3v) is 3.46. The van der Waals surface area contributed by atoms with E-state index in [2.05, 4.69) is 47.5 Å². The van der Waals surface area contributed by atoms with E-state index < -0.39 is 0 Å². The third-order valence-electron chi connectivity index (χ3n) is 3.46. The lowest BCUT2D eigenvalue weighted by atomic mass is 10.1. The number of amides is 1. The highest BCUT2D eigenvalue weighted by atomic mass is 16.2. The summed E-state index contributed by atoms with van der Waals surface area (Å²) in [7, 11) is 0. The van der Waals surface area contributed by atoms with Crippen molar-refractivity contribution in [2.75, 3.05) is 13.1 Å². The van der Waals surface area contributed by atoms with Gasteiger partial charge < -0.3 is 5.32 Å². The molecule has 1 heterocycles. The number of nitriles is 1. The van der Waals surface area contributed by atoms with E-state index in [0.29, 0.717) is 6.54 Å². The summed E-state index contributed by atoms with van der Waals surface area (Å²) >= 11 is 0. The van der Waals surface area contributed by atoms with Crippen molar-refractivity contribution in [3.8, 4) is 6.07 Å². The van der Waals surface area contributed by atoms with Crippen molar-refractivity contribution >= 4 is 5.91 Å². The number of rotatable bonds is 3. The first-order valence-corrected chi connectivity index (χ1v) is 6.65. The molecule has 100 valence electrons. The van der Waals surface area contributed by atoms with E-state index in [1.807, 2.05) is 0 Å². The number of aryl methyl sites for hydroxylation is 1.